The Morgan fingerprint density at radius 3 is 2.13 bits per heavy atom. The molecule has 2 fully saturated rings. The minimum atomic E-state index is -5.22. The van der Waals surface area contributed by atoms with Crippen molar-refractivity contribution in [3.8, 4) is 0 Å². The van der Waals surface area contributed by atoms with Crippen molar-refractivity contribution in [1.82, 2.24) is 14.7 Å². The van der Waals surface area contributed by atoms with Gasteiger partial charge < -0.3 is 29.9 Å². The van der Waals surface area contributed by atoms with Gasteiger partial charge in [0.2, 0.25) is 0 Å². The number of benzene rings is 2. The number of rotatable bonds is 5. The third kappa shape index (κ3) is 7.21. The van der Waals surface area contributed by atoms with E-state index in [9.17, 15) is 40.7 Å². The first kappa shape index (κ1) is 34.1. The number of ether oxygens (including phenoxy) is 2. The summed E-state index contributed by atoms with van der Waals surface area (Å²) in [6, 6.07) is 8.12. The molecule has 3 heterocycles. The molecule has 2 aromatic carbocycles. The Morgan fingerprint density at radius 1 is 1.00 bits per heavy atom. The number of halogens is 6. The monoisotopic (exact) mass is 671 g/mol. The Labute approximate surface area is 266 Å². The average molecular weight is 672 g/mol. The number of nitrogens with zero attached hydrogens (tertiary/aromatic N) is 3. The standard InChI is InChI=1S/C31H35F6N5O5/c1-40(2)19-7-11-41(12-8-19)26(43)24(17-18-15-21(30(32,33)34)25(38)22(16-18)31(35,36)37)46-28(45)42-13-9-29(10-14-42)20-5-3-4-6-23(20)39-27(44)47-29/h3-6,15-16,19,24H,7-14,17,38H2,1-2H3,(H,39,44)/t24-/m1/s1. The van der Waals surface area contributed by atoms with Gasteiger partial charge >= 0.3 is 24.5 Å². The highest BCUT2D eigenvalue weighted by Crippen LogP contribution is 2.44. The summed E-state index contributed by atoms with van der Waals surface area (Å²) in [5.41, 5.74) is 0.163. The maximum Gasteiger partial charge on any atom is 0.418 e. The Morgan fingerprint density at radius 2 is 1.57 bits per heavy atom. The molecule has 3 N–H and O–H groups in total. The molecule has 0 radical (unpaired) electrons. The fourth-order valence-electron chi connectivity index (χ4n) is 6.48. The van der Waals surface area contributed by atoms with Gasteiger partial charge in [0.1, 0.15) is 5.60 Å². The molecular weight excluding hydrogens is 636 g/mol. The van der Waals surface area contributed by atoms with Crippen LogP contribution in [0.2, 0.25) is 0 Å². The van der Waals surface area contributed by atoms with Crippen LogP contribution in [0.1, 0.15) is 47.9 Å². The molecule has 0 bridgehead atoms. The number of amides is 3. The summed E-state index contributed by atoms with van der Waals surface area (Å²) in [7, 11) is 3.77. The summed E-state index contributed by atoms with van der Waals surface area (Å²) in [4.78, 5) is 44.1. The summed E-state index contributed by atoms with van der Waals surface area (Å²) in [6.07, 6.45) is -13.0. The molecule has 47 heavy (non-hydrogen) atoms. The van der Waals surface area contributed by atoms with Crippen LogP contribution in [0.4, 0.5) is 47.3 Å². The normalized spacial score (nSPS) is 19.2. The maximum atomic E-state index is 13.8. The lowest BCUT2D eigenvalue weighted by Gasteiger charge is -2.44. The first-order valence-corrected chi connectivity index (χ1v) is 15.1. The fraction of sp³-hybridized carbons (Fsp3) is 0.516. The summed E-state index contributed by atoms with van der Waals surface area (Å²) in [6.45, 7) is 0.579. The van der Waals surface area contributed by atoms with Crippen LogP contribution >= 0.6 is 0 Å². The molecule has 0 aliphatic carbocycles. The van der Waals surface area contributed by atoms with E-state index in [4.69, 9.17) is 15.2 Å². The van der Waals surface area contributed by atoms with E-state index in [2.05, 4.69) is 5.32 Å². The molecule has 10 nitrogen and oxygen atoms in total. The number of alkyl halides is 6. The number of nitrogens with two attached hydrogens (primary N) is 1. The van der Waals surface area contributed by atoms with Crippen molar-refractivity contribution in [2.45, 2.75) is 62.2 Å². The molecule has 3 aliphatic rings. The van der Waals surface area contributed by atoms with E-state index in [1.807, 2.05) is 19.0 Å². The number of nitrogen functional groups attached to an aromatic ring is 1. The molecular formula is C31H35F6N5O5. The van der Waals surface area contributed by atoms with Crippen molar-refractivity contribution < 1.29 is 50.2 Å². The van der Waals surface area contributed by atoms with Crippen LogP contribution < -0.4 is 11.1 Å². The summed E-state index contributed by atoms with van der Waals surface area (Å²) >= 11 is 0. The fourth-order valence-corrected chi connectivity index (χ4v) is 6.48. The molecule has 256 valence electrons. The third-order valence-electron chi connectivity index (χ3n) is 9.07. The van der Waals surface area contributed by atoms with E-state index in [0.717, 1.165) is 5.56 Å². The van der Waals surface area contributed by atoms with Gasteiger partial charge in [-0.1, -0.05) is 18.2 Å². The Kier molecular flexibility index (Phi) is 9.27. The second-order valence-corrected chi connectivity index (χ2v) is 12.2. The van der Waals surface area contributed by atoms with Crippen LogP contribution in [0.5, 0.6) is 0 Å². The number of piperidine rings is 2. The lowest BCUT2D eigenvalue weighted by molar-refractivity contribution is -0.142. The number of anilines is 2. The minimum absolute atomic E-state index is 0.0356. The molecule has 16 heteroatoms. The Bertz CT molecular complexity index is 1480. The van der Waals surface area contributed by atoms with Gasteiger partial charge in [-0.3, -0.25) is 10.1 Å². The topological polar surface area (TPSA) is 117 Å². The largest absolute Gasteiger partial charge is 0.438 e. The van der Waals surface area contributed by atoms with Gasteiger partial charge in [-0.2, -0.15) is 26.3 Å². The summed E-state index contributed by atoms with van der Waals surface area (Å²) < 4.78 is 93.8. The average Bonchev–Trinajstić information content (AvgIpc) is 3.00. The number of carbonyl (C=O) groups excluding carboxylic acids is 3. The molecule has 1 spiro atoms. The summed E-state index contributed by atoms with van der Waals surface area (Å²) in [5.74, 6) is -0.732. The first-order chi connectivity index (χ1) is 22.0. The van der Waals surface area contributed by atoms with E-state index in [0.29, 0.717) is 30.7 Å². The van der Waals surface area contributed by atoms with Crippen molar-refractivity contribution in [3.05, 3.63) is 58.7 Å². The van der Waals surface area contributed by atoms with Gasteiger partial charge in [-0.25, -0.2) is 9.59 Å². The number of likely N-dealkylation sites (tertiary alicyclic amines) is 2. The highest BCUT2D eigenvalue weighted by Gasteiger charge is 2.46. The van der Waals surface area contributed by atoms with Gasteiger partial charge in [0, 0.05) is 57.0 Å². The molecule has 1 atom stereocenters. The van der Waals surface area contributed by atoms with Gasteiger partial charge in [0.15, 0.2) is 6.10 Å². The molecule has 0 saturated carbocycles. The highest BCUT2D eigenvalue weighted by atomic mass is 19.4. The first-order valence-electron chi connectivity index (χ1n) is 15.1. The highest BCUT2D eigenvalue weighted by molar-refractivity contribution is 5.89. The lowest BCUT2D eigenvalue weighted by Crippen LogP contribution is -2.52. The minimum Gasteiger partial charge on any atom is -0.438 e. The molecule has 0 aromatic heterocycles. The lowest BCUT2D eigenvalue weighted by atomic mass is 9.82. The van der Waals surface area contributed by atoms with Crippen molar-refractivity contribution in [2.24, 2.45) is 0 Å². The zero-order chi connectivity index (χ0) is 34.3. The molecule has 2 saturated heterocycles. The van der Waals surface area contributed by atoms with Crippen molar-refractivity contribution in [2.75, 3.05) is 51.3 Å². The van der Waals surface area contributed by atoms with E-state index in [-0.39, 0.29) is 45.1 Å². The van der Waals surface area contributed by atoms with Crippen LogP contribution in [0.25, 0.3) is 0 Å². The second kappa shape index (κ2) is 12.8. The van der Waals surface area contributed by atoms with Crippen LogP contribution in [-0.4, -0.2) is 85.2 Å². The van der Waals surface area contributed by atoms with Crippen LogP contribution in [0.15, 0.2) is 36.4 Å². The Hall–Kier alpha value is -4.21. The van der Waals surface area contributed by atoms with Gasteiger partial charge in [-0.05, 0) is 50.7 Å². The smallest absolute Gasteiger partial charge is 0.418 e. The number of hydrogen-bond donors (Lipinski definition) is 2. The van der Waals surface area contributed by atoms with Crippen LogP contribution in [0, 0.1) is 0 Å². The molecule has 3 amide bonds. The van der Waals surface area contributed by atoms with E-state index in [1.165, 1.54) is 9.80 Å². The zero-order valence-electron chi connectivity index (χ0n) is 25.7. The van der Waals surface area contributed by atoms with Gasteiger partial charge in [0.05, 0.1) is 22.5 Å². The van der Waals surface area contributed by atoms with Crippen molar-refractivity contribution in [3.63, 3.8) is 0 Å². The van der Waals surface area contributed by atoms with E-state index in [1.54, 1.807) is 24.3 Å². The number of para-hydroxylation sites is 1. The van der Waals surface area contributed by atoms with Crippen LogP contribution in [0.3, 0.4) is 0 Å². The van der Waals surface area contributed by atoms with E-state index >= 15 is 0 Å². The quantitative estimate of drug-likeness (QED) is 0.320. The second-order valence-electron chi connectivity index (χ2n) is 12.2. The van der Waals surface area contributed by atoms with E-state index < -0.39 is 70.9 Å². The zero-order valence-corrected chi connectivity index (χ0v) is 25.7. The van der Waals surface area contributed by atoms with Crippen molar-refractivity contribution in [1.29, 1.82) is 0 Å². The third-order valence-corrected chi connectivity index (χ3v) is 9.07. The van der Waals surface area contributed by atoms with Crippen LogP contribution in [-0.2, 0) is 38.6 Å². The molecule has 5 rings (SSSR count). The maximum absolute atomic E-state index is 13.8. The Balaban J connectivity index is 1.39. The number of nitrogens with one attached hydrogen (secondary N) is 1. The predicted molar refractivity (Wildman–Crippen MR) is 157 cm³/mol. The summed E-state index contributed by atoms with van der Waals surface area (Å²) in [5, 5.41) is 2.64. The molecule has 3 aliphatic heterocycles. The van der Waals surface area contributed by atoms with Crippen molar-refractivity contribution >= 4 is 29.5 Å². The predicted octanol–water partition coefficient (Wildman–Crippen LogP) is 5.46. The van der Waals surface area contributed by atoms with Gasteiger partial charge in [-0.15, -0.1) is 0 Å². The number of fused-ring (bicyclic) bond motifs is 2. The molecule has 0 unspecified atom stereocenters. The van der Waals surface area contributed by atoms with Gasteiger partial charge in [0.25, 0.3) is 5.91 Å². The number of carbonyl (C=O) groups is 3. The SMILES string of the molecule is CN(C)C1CCN(C(=O)[C@@H](Cc2cc(C(F)(F)F)c(N)c(C(F)(F)F)c2)OC(=O)N2CCC3(CC2)OC(=O)Nc2ccccc23)CC1. The number of hydrogen-bond acceptors (Lipinski definition) is 7. The molecule has 2 aromatic rings.